The van der Waals surface area contributed by atoms with Crippen molar-refractivity contribution >= 4 is 17.5 Å². The zero-order valence-corrected chi connectivity index (χ0v) is 22.4. The number of carbonyl (C=O) groups excluding carboxylic acids is 2. The van der Waals surface area contributed by atoms with E-state index >= 15 is 0 Å². The molecule has 2 amide bonds. The van der Waals surface area contributed by atoms with Crippen molar-refractivity contribution in [3.8, 4) is 17.0 Å². The third kappa shape index (κ3) is 4.51. The van der Waals surface area contributed by atoms with Crippen LogP contribution in [0.1, 0.15) is 58.7 Å². The minimum absolute atomic E-state index is 0.272. The Hall–Kier alpha value is -4.54. The molecule has 0 radical (unpaired) electrons. The van der Waals surface area contributed by atoms with Gasteiger partial charge in [-0.15, -0.1) is 0 Å². The van der Waals surface area contributed by atoms with Crippen LogP contribution in [0.15, 0.2) is 47.3 Å². The highest BCUT2D eigenvalue weighted by atomic mass is 19.1. The number of hydrogen-bond donors (Lipinski definition) is 3. The highest BCUT2D eigenvalue weighted by molar-refractivity contribution is 6.02. The summed E-state index contributed by atoms with van der Waals surface area (Å²) in [6.45, 7) is 6.02. The van der Waals surface area contributed by atoms with Gasteiger partial charge in [0, 0.05) is 34.2 Å². The number of benzene rings is 1. The fourth-order valence-electron chi connectivity index (χ4n) is 5.66. The molecule has 11 heteroatoms. The Kier molecular flexibility index (Phi) is 6.36. The van der Waals surface area contributed by atoms with E-state index in [1.165, 1.54) is 18.4 Å². The van der Waals surface area contributed by atoms with Crippen LogP contribution in [-0.2, 0) is 11.2 Å². The molecule has 1 spiro atoms. The van der Waals surface area contributed by atoms with Crippen molar-refractivity contribution in [3.05, 3.63) is 76.8 Å². The van der Waals surface area contributed by atoms with Gasteiger partial charge in [-0.3, -0.25) is 19.7 Å². The molecule has 40 heavy (non-hydrogen) atoms. The van der Waals surface area contributed by atoms with Crippen LogP contribution in [0, 0.1) is 25.1 Å². The van der Waals surface area contributed by atoms with Gasteiger partial charge in [0.15, 0.2) is 0 Å². The second-order valence-electron chi connectivity index (χ2n) is 10.5. The van der Waals surface area contributed by atoms with Gasteiger partial charge in [-0.05, 0) is 51.3 Å². The topological polar surface area (TPSA) is 135 Å². The lowest BCUT2D eigenvalue weighted by atomic mass is 9.75. The lowest BCUT2D eigenvalue weighted by Gasteiger charge is -2.38. The predicted molar refractivity (Wildman–Crippen MR) is 143 cm³/mol. The fourth-order valence-corrected chi connectivity index (χ4v) is 5.66. The number of H-pyrrole nitrogens is 1. The Morgan fingerprint density at radius 2 is 2.05 bits per heavy atom. The fraction of sp³-hybridized carbons (Fsp3) is 0.345. The van der Waals surface area contributed by atoms with E-state index in [9.17, 15) is 14.0 Å². The molecule has 1 aromatic carbocycles. The summed E-state index contributed by atoms with van der Waals surface area (Å²) in [5, 5.41) is 17.0. The van der Waals surface area contributed by atoms with E-state index in [-0.39, 0.29) is 11.0 Å². The first-order valence-electron chi connectivity index (χ1n) is 13.2. The Balaban J connectivity index is 1.34. The van der Waals surface area contributed by atoms with Crippen LogP contribution in [0.25, 0.3) is 11.3 Å². The minimum atomic E-state index is -0.985. The van der Waals surface area contributed by atoms with Crippen LogP contribution in [-0.4, -0.2) is 44.8 Å². The summed E-state index contributed by atoms with van der Waals surface area (Å²) in [4.78, 5) is 31.9. The van der Waals surface area contributed by atoms with Gasteiger partial charge >= 0.3 is 0 Å². The van der Waals surface area contributed by atoms with E-state index in [1.54, 1.807) is 18.3 Å². The SMILES string of the molecule is CCc1nocc1C(=O)N[C@H](C(=O)Nc1ccc(-c2c(C)n[nH]c2C)nc1)C1c2ccc(F)cc2OCC12CC2. The molecule has 1 aliphatic heterocycles. The zero-order chi connectivity index (χ0) is 28.0. The van der Waals surface area contributed by atoms with Crippen molar-refractivity contribution in [2.45, 2.75) is 52.0 Å². The number of aromatic nitrogens is 4. The summed E-state index contributed by atoms with van der Waals surface area (Å²) in [5.74, 6) is -1.37. The first-order valence-corrected chi connectivity index (χ1v) is 13.2. The van der Waals surface area contributed by atoms with Crippen molar-refractivity contribution in [1.29, 1.82) is 0 Å². The van der Waals surface area contributed by atoms with E-state index in [0.717, 1.165) is 35.5 Å². The average molecular weight is 545 g/mol. The van der Waals surface area contributed by atoms with Crippen molar-refractivity contribution in [1.82, 2.24) is 25.7 Å². The average Bonchev–Trinajstić information content (AvgIpc) is 3.39. The third-order valence-electron chi connectivity index (χ3n) is 7.92. The molecule has 3 aromatic heterocycles. The molecular formula is C29H29FN6O4. The summed E-state index contributed by atoms with van der Waals surface area (Å²) in [7, 11) is 0. The van der Waals surface area contributed by atoms with Crippen LogP contribution < -0.4 is 15.4 Å². The molecule has 1 fully saturated rings. The second kappa shape index (κ2) is 9.89. The summed E-state index contributed by atoms with van der Waals surface area (Å²) in [5.41, 5.74) is 4.94. The smallest absolute Gasteiger partial charge is 0.257 e. The van der Waals surface area contributed by atoms with Crippen molar-refractivity contribution < 1.29 is 23.2 Å². The predicted octanol–water partition coefficient (Wildman–Crippen LogP) is 4.47. The van der Waals surface area contributed by atoms with Gasteiger partial charge in [-0.1, -0.05) is 18.1 Å². The number of ether oxygens (including phenoxy) is 1. The van der Waals surface area contributed by atoms with Crippen molar-refractivity contribution in [2.75, 3.05) is 11.9 Å². The molecule has 2 atom stereocenters. The summed E-state index contributed by atoms with van der Waals surface area (Å²) < 4.78 is 25.0. The molecule has 2 aliphatic rings. The molecular weight excluding hydrogens is 515 g/mol. The number of nitrogens with one attached hydrogen (secondary N) is 3. The summed E-state index contributed by atoms with van der Waals surface area (Å²) in [6, 6.07) is 6.91. The maximum atomic E-state index is 14.1. The van der Waals surface area contributed by atoms with Crippen LogP contribution in [0.2, 0.25) is 0 Å². The number of fused-ring (bicyclic) bond motifs is 1. The number of carbonyl (C=O) groups is 2. The van der Waals surface area contributed by atoms with Gasteiger partial charge in [0.1, 0.15) is 29.4 Å². The normalized spacial score (nSPS) is 17.6. The summed E-state index contributed by atoms with van der Waals surface area (Å²) in [6.07, 6.45) is 4.99. The first-order chi connectivity index (χ1) is 19.3. The van der Waals surface area contributed by atoms with E-state index in [4.69, 9.17) is 9.26 Å². The van der Waals surface area contributed by atoms with E-state index in [2.05, 4.69) is 31.0 Å². The Bertz CT molecular complexity index is 1570. The maximum absolute atomic E-state index is 14.1. The second-order valence-corrected chi connectivity index (χ2v) is 10.5. The molecule has 0 saturated heterocycles. The standard InChI is InChI=1S/C29H29FN6O4/c1-4-21-20(13-40-36-21)27(37)33-26(25-19-7-5-17(30)11-23(19)39-14-29(25)9-10-29)28(38)32-18-6-8-22(31-12-18)24-15(2)34-35-16(24)3/h5-8,11-13,25-26H,4,9-10,14H2,1-3H3,(H,32,38)(H,33,37)(H,34,35)/t25?,26-/m0/s1. The van der Waals surface area contributed by atoms with E-state index < -0.39 is 29.6 Å². The molecule has 3 N–H and O–H groups in total. The van der Waals surface area contributed by atoms with Crippen LogP contribution in [0.4, 0.5) is 10.1 Å². The van der Waals surface area contributed by atoms with Crippen LogP contribution in [0.5, 0.6) is 5.75 Å². The maximum Gasteiger partial charge on any atom is 0.257 e. The molecule has 1 saturated carbocycles. The number of rotatable bonds is 7. The molecule has 10 nitrogen and oxygen atoms in total. The molecule has 6 rings (SSSR count). The largest absolute Gasteiger partial charge is 0.493 e. The number of amides is 2. The molecule has 0 bridgehead atoms. The molecule has 4 heterocycles. The highest BCUT2D eigenvalue weighted by Gasteiger charge is 2.58. The van der Waals surface area contributed by atoms with Crippen molar-refractivity contribution in [2.24, 2.45) is 5.41 Å². The number of halogens is 1. The van der Waals surface area contributed by atoms with Gasteiger partial charge in [0.25, 0.3) is 5.91 Å². The Labute approximate surface area is 229 Å². The number of pyridine rings is 1. The minimum Gasteiger partial charge on any atom is -0.493 e. The van der Waals surface area contributed by atoms with Crippen LogP contribution in [0.3, 0.4) is 0 Å². The van der Waals surface area contributed by atoms with Crippen molar-refractivity contribution in [3.63, 3.8) is 0 Å². The quantitative estimate of drug-likeness (QED) is 0.312. The molecule has 4 aromatic rings. The number of anilines is 1. The first kappa shape index (κ1) is 25.7. The van der Waals surface area contributed by atoms with Gasteiger partial charge in [-0.25, -0.2) is 4.39 Å². The molecule has 206 valence electrons. The van der Waals surface area contributed by atoms with E-state index in [1.807, 2.05) is 26.8 Å². The Morgan fingerprint density at radius 3 is 2.73 bits per heavy atom. The highest BCUT2D eigenvalue weighted by Crippen LogP contribution is 2.61. The zero-order valence-electron chi connectivity index (χ0n) is 22.4. The number of aromatic amines is 1. The van der Waals surface area contributed by atoms with Gasteiger partial charge in [-0.2, -0.15) is 5.10 Å². The number of aryl methyl sites for hydroxylation is 3. The monoisotopic (exact) mass is 544 g/mol. The molecule has 1 unspecified atom stereocenters. The van der Waals surface area contributed by atoms with Gasteiger partial charge < -0.3 is 19.9 Å². The number of nitrogens with zero attached hydrogens (tertiary/aromatic N) is 3. The lowest BCUT2D eigenvalue weighted by molar-refractivity contribution is -0.119. The Morgan fingerprint density at radius 1 is 1.23 bits per heavy atom. The number of hydrogen-bond acceptors (Lipinski definition) is 7. The third-order valence-corrected chi connectivity index (χ3v) is 7.92. The van der Waals surface area contributed by atoms with Crippen LogP contribution >= 0.6 is 0 Å². The van der Waals surface area contributed by atoms with Gasteiger partial charge in [0.2, 0.25) is 5.91 Å². The van der Waals surface area contributed by atoms with E-state index in [0.29, 0.717) is 35.7 Å². The summed E-state index contributed by atoms with van der Waals surface area (Å²) >= 11 is 0. The lowest BCUT2D eigenvalue weighted by Crippen LogP contribution is -2.52. The molecule has 1 aliphatic carbocycles. The van der Waals surface area contributed by atoms with Gasteiger partial charge in [0.05, 0.1) is 35.6 Å².